The Kier molecular flexibility index (Phi) is 4.44. The molecule has 0 radical (unpaired) electrons. The van der Waals surface area contributed by atoms with E-state index < -0.39 is 0 Å². The van der Waals surface area contributed by atoms with Crippen molar-refractivity contribution in [3.05, 3.63) is 18.0 Å². The summed E-state index contributed by atoms with van der Waals surface area (Å²) >= 11 is 0. The first kappa shape index (κ1) is 12.7. The molecule has 0 aliphatic heterocycles. The van der Waals surface area contributed by atoms with E-state index in [1.807, 2.05) is 6.92 Å². The maximum atomic E-state index is 11.8. The maximum absolute atomic E-state index is 11.8. The summed E-state index contributed by atoms with van der Waals surface area (Å²) in [5.74, 6) is 0.0458. The number of allylic oxidation sites excluding steroid dienone is 1. The molecule has 6 heteroatoms. The summed E-state index contributed by atoms with van der Waals surface area (Å²) < 4.78 is 1.56. The molecule has 1 amide bonds. The Labute approximate surface area is 106 Å². The van der Waals surface area contributed by atoms with Gasteiger partial charge in [0, 0.05) is 12.5 Å². The van der Waals surface area contributed by atoms with Gasteiger partial charge in [-0.1, -0.05) is 11.6 Å². The predicted molar refractivity (Wildman–Crippen MR) is 66.6 cm³/mol. The van der Waals surface area contributed by atoms with Crippen LogP contribution in [0.3, 0.4) is 0 Å². The molecule has 0 saturated carbocycles. The standard InChI is InChI=1S/C12H19N5O/c1-10(11-5-3-2-4-6-11)14-12(18)7-8-17-9-13-15-16-17/h5,9-10H,2-4,6-8H2,1H3,(H,14,18)/t10-/m0/s1. The Morgan fingerprint density at radius 3 is 3.11 bits per heavy atom. The minimum absolute atomic E-state index is 0.0458. The van der Waals surface area contributed by atoms with Gasteiger partial charge < -0.3 is 5.32 Å². The van der Waals surface area contributed by atoms with Gasteiger partial charge in [-0.2, -0.15) is 0 Å². The third-order valence-corrected chi connectivity index (χ3v) is 3.22. The average Bonchev–Trinajstić information content (AvgIpc) is 2.90. The first-order valence-electron chi connectivity index (χ1n) is 6.45. The second-order valence-corrected chi connectivity index (χ2v) is 4.64. The van der Waals surface area contributed by atoms with Gasteiger partial charge in [0.2, 0.25) is 5.91 Å². The number of hydrogen-bond donors (Lipinski definition) is 1. The molecule has 1 atom stereocenters. The zero-order valence-electron chi connectivity index (χ0n) is 10.7. The molecule has 1 N–H and O–H groups in total. The zero-order valence-corrected chi connectivity index (χ0v) is 10.7. The molecule has 0 aromatic carbocycles. The highest BCUT2D eigenvalue weighted by Crippen LogP contribution is 2.20. The molecule has 1 aliphatic rings. The third kappa shape index (κ3) is 3.65. The van der Waals surface area contributed by atoms with Gasteiger partial charge >= 0.3 is 0 Å². The summed E-state index contributed by atoms with van der Waals surface area (Å²) in [6.07, 6.45) is 8.92. The van der Waals surface area contributed by atoms with Crippen LogP contribution in [-0.2, 0) is 11.3 Å². The van der Waals surface area contributed by atoms with E-state index in [1.165, 1.54) is 24.7 Å². The molecule has 0 saturated heterocycles. The highest BCUT2D eigenvalue weighted by molar-refractivity contribution is 5.76. The number of nitrogens with one attached hydrogen (secondary N) is 1. The van der Waals surface area contributed by atoms with E-state index in [2.05, 4.69) is 26.9 Å². The molecule has 1 aliphatic carbocycles. The van der Waals surface area contributed by atoms with Gasteiger partial charge in [0.1, 0.15) is 6.33 Å². The van der Waals surface area contributed by atoms with Crippen LogP contribution in [0.15, 0.2) is 18.0 Å². The second kappa shape index (κ2) is 6.28. The van der Waals surface area contributed by atoms with Gasteiger partial charge in [-0.15, -0.1) is 5.10 Å². The molecule has 0 bridgehead atoms. The lowest BCUT2D eigenvalue weighted by Gasteiger charge is -2.20. The van der Waals surface area contributed by atoms with Gasteiger partial charge in [0.05, 0.1) is 6.54 Å². The molecule has 98 valence electrons. The summed E-state index contributed by atoms with van der Waals surface area (Å²) in [6, 6.07) is 0.145. The van der Waals surface area contributed by atoms with Crippen LogP contribution in [0.25, 0.3) is 0 Å². The Morgan fingerprint density at radius 2 is 2.44 bits per heavy atom. The lowest BCUT2D eigenvalue weighted by Crippen LogP contribution is -2.34. The number of nitrogens with zero attached hydrogens (tertiary/aromatic N) is 4. The van der Waals surface area contributed by atoms with Crippen LogP contribution >= 0.6 is 0 Å². The summed E-state index contributed by atoms with van der Waals surface area (Å²) in [4.78, 5) is 11.8. The van der Waals surface area contributed by atoms with Crippen LogP contribution in [-0.4, -0.2) is 32.2 Å². The van der Waals surface area contributed by atoms with Gasteiger partial charge in [-0.05, 0) is 43.0 Å². The predicted octanol–water partition coefficient (Wildman–Crippen LogP) is 1.07. The van der Waals surface area contributed by atoms with Crippen LogP contribution < -0.4 is 5.32 Å². The molecule has 1 aromatic heterocycles. The van der Waals surface area contributed by atoms with Crippen molar-refractivity contribution in [3.8, 4) is 0 Å². The Morgan fingerprint density at radius 1 is 1.56 bits per heavy atom. The van der Waals surface area contributed by atoms with Crippen LogP contribution in [0.2, 0.25) is 0 Å². The fourth-order valence-corrected chi connectivity index (χ4v) is 2.16. The first-order chi connectivity index (χ1) is 8.75. The highest BCUT2D eigenvalue weighted by Gasteiger charge is 2.13. The van der Waals surface area contributed by atoms with Gasteiger partial charge in [0.25, 0.3) is 0 Å². The smallest absolute Gasteiger partial charge is 0.222 e. The summed E-state index contributed by atoms with van der Waals surface area (Å²) in [6.45, 7) is 2.57. The van der Waals surface area contributed by atoms with Crippen LogP contribution in [0.1, 0.15) is 39.0 Å². The van der Waals surface area contributed by atoms with E-state index >= 15 is 0 Å². The zero-order chi connectivity index (χ0) is 12.8. The van der Waals surface area contributed by atoms with Crippen LogP contribution in [0.4, 0.5) is 0 Å². The van der Waals surface area contributed by atoms with Crippen molar-refractivity contribution in [1.29, 1.82) is 0 Å². The normalized spacial score (nSPS) is 17.1. The average molecular weight is 249 g/mol. The number of aromatic nitrogens is 4. The van der Waals surface area contributed by atoms with Gasteiger partial charge in [-0.25, -0.2) is 4.68 Å². The SMILES string of the molecule is C[C@H](NC(=O)CCn1cnnn1)C1=CCCCC1. The van der Waals surface area contributed by atoms with E-state index in [1.54, 1.807) is 4.68 Å². The Bertz CT molecular complexity index is 412. The van der Waals surface area contributed by atoms with Crippen molar-refractivity contribution in [1.82, 2.24) is 25.5 Å². The fourth-order valence-electron chi connectivity index (χ4n) is 2.16. The maximum Gasteiger partial charge on any atom is 0.222 e. The van der Waals surface area contributed by atoms with E-state index in [0.717, 1.165) is 12.8 Å². The monoisotopic (exact) mass is 249 g/mol. The van der Waals surface area contributed by atoms with E-state index in [-0.39, 0.29) is 11.9 Å². The molecule has 0 spiro atoms. The van der Waals surface area contributed by atoms with Crippen molar-refractivity contribution in [2.24, 2.45) is 0 Å². The van der Waals surface area contributed by atoms with Crippen LogP contribution in [0.5, 0.6) is 0 Å². The number of amides is 1. The second-order valence-electron chi connectivity index (χ2n) is 4.64. The quantitative estimate of drug-likeness (QED) is 0.792. The Hall–Kier alpha value is -1.72. The lowest BCUT2D eigenvalue weighted by molar-refractivity contribution is -0.121. The first-order valence-corrected chi connectivity index (χ1v) is 6.45. The number of carbonyl (C=O) groups excluding carboxylic acids is 1. The number of rotatable bonds is 5. The topological polar surface area (TPSA) is 72.7 Å². The number of tetrazole rings is 1. The van der Waals surface area contributed by atoms with Gasteiger partial charge in [-0.3, -0.25) is 4.79 Å². The molecule has 18 heavy (non-hydrogen) atoms. The third-order valence-electron chi connectivity index (χ3n) is 3.22. The van der Waals surface area contributed by atoms with Crippen LogP contribution in [0, 0.1) is 0 Å². The van der Waals surface area contributed by atoms with E-state index in [0.29, 0.717) is 13.0 Å². The molecule has 6 nitrogen and oxygen atoms in total. The minimum atomic E-state index is 0.0458. The highest BCUT2D eigenvalue weighted by atomic mass is 16.1. The summed E-state index contributed by atoms with van der Waals surface area (Å²) in [5, 5.41) is 13.8. The number of aryl methyl sites for hydroxylation is 1. The number of hydrogen-bond acceptors (Lipinski definition) is 4. The van der Waals surface area contributed by atoms with E-state index in [9.17, 15) is 4.79 Å². The Balaban J connectivity index is 1.74. The molecule has 1 aromatic rings. The number of carbonyl (C=O) groups is 1. The molecular formula is C12H19N5O. The van der Waals surface area contributed by atoms with Crippen molar-refractivity contribution in [2.45, 2.75) is 51.6 Å². The molecule has 0 fully saturated rings. The van der Waals surface area contributed by atoms with Crippen molar-refractivity contribution < 1.29 is 4.79 Å². The molecule has 2 rings (SSSR count). The van der Waals surface area contributed by atoms with Crippen molar-refractivity contribution in [2.75, 3.05) is 0 Å². The molecule has 0 unspecified atom stereocenters. The van der Waals surface area contributed by atoms with E-state index in [4.69, 9.17) is 0 Å². The minimum Gasteiger partial charge on any atom is -0.350 e. The van der Waals surface area contributed by atoms with Gasteiger partial charge in [0.15, 0.2) is 0 Å². The van der Waals surface area contributed by atoms with Crippen molar-refractivity contribution in [3.63, 3.8) is 0 Å². The lowest BCUT2D eigenvalue weighted by atomic mass is 9.95. The summed E-state index contributed by atoms with van der Waals surface area (Å²) in [7, 11) is 0. The van der Waals surface area contributed by atoms with Crippen molar-refractivity contribution >= 4 is 5.91 Å². The largest absolute Gasteiger partial charge is 0.350 e. The molecular weight excluding hydrogens is 230 g/mol. The molecule has 1 heterocycles. The fraction of sp³-hybridized carbons (Fsp3) is 0.667. The summed E-state index contributed by atoms with van der Waals surface area (Å²) in [5.41, 5.74) is 1.36.